The van der Waals surface area contributed by atoms with E-state index >= 15 is 0 Å². The molecule has 7 heteroatoms. The molecule has 29 heavy (non-hydrogen) atoms. The first-order valence-corrected chi connectivity index (χ1v) is 11.1. The van der Waals surface area contributed by atoms with Gasteiger partial charge >= 0.3 is 5.97 Å². The fourth-order valence-electron chi connectivity index (χ4n) is 3.64. The maximum atomic E-state index is 12.3. The molecule has 6 nitrogen and oxygen atoms in total. The van der Waals surface area contributed by atoms with Gasteiger partial charge in [0.1, 0.15) is 11.5 Å². The number of likely N-dealkylation sites (tertiary alicyclic amines) is 1. The van der Waals surface area contributed by atoms with Crippen LogP contribution in [0.3, 0.4) is 0 Å². The third-order valence-electron chi connectivity index (χ3n) is 5.17. The third kappa shape index (κ3) is 4.24. The molecule has 0 amide bonds. The predicted molar refractivity (Wildman–Crippen MR) is 111 cm³/mol. The number of rotatable bonds is 4. The van der Waals surface area contributed by atoms with Crippen molar-refractivity contribution >= 4 is 27.9 Å². The van der Waals surface area contributed by atoms with Crippen molar-refractivity contribution in [2.75, 3.05) is 19.7 Å². The number of piperidine rings is 1. The van der Waals surface area contributed by atoms with Gasteiger partial charge in [-0.1, -0.05) is 48.5 Å². The highest BCUT2D eigenvalue weighted by atomic mass is 32.2. The van der Waals surface area contributed by atoms with E-state index in [4.69, 9.17) is 4.74 Å². The summed E-state index contributed by atoms with van der Waals surface area (Å²) in [5.74, 6) is 0.104. The number of benzene rings is 2. The first kappa shape index (κ1) is 19.4. The number of esters is 1. The maximum Gasteiger partial charge on any atom is 0.309 e. The van der Waals surface area contributed by atoms with Crippen LogP contribution in [0.4, 0.5) is 0 Å². The molecule has 2 aliphatic heterocycles. The molecule has 0 radical (unpaired) electrons. The molecule has 0 unspecified atom stereocenters. The van der Waals surface area contributed by atoms with E-state index in [1.807, 2.05) is 53.5 Å². The molecule has 0 atom stereocenters. The molecule has 0 N–H and O–H groups in total. The standard InChI is InChI=1S/C22H22N2O4S/c25-22(28-16-6-9-17-7-2-1-3-8-17)18-12-14-24(15-13-18)21-19-10-4-5-11-20(19)29(26,27)23-21/h1-11,18H,12-16H2/b9-6+. The fourth-order valence-corrected chi connectivity index (χ4v) is 4.87. The number of amidine groups is 1. The highest BCUT2D eigenvalue weighted by Gasteiger charge is 2.34. The van der Waals surface area contributed by atoms with Gasteiger partial charge in [0.25, 0.3) is 10.0 Å². The van der Waals surface area contributed by atoms with Crippen molar-refractivity contribution in [3.63, 3.8) is 0 Å². The van der Waals surface area contributed by atoms with Crippen molar-refractivity contribution < 1.29 is 17.9 Å². The Morgan fingerprint density at radius 2 is 1.76 bits per heavy atom. The Balaban J connectivity index is 1.31. The summed E-state index contributed by atoms with van der Waals surface area (Å²) in [6, 6.07) is 16.7. The summed E-state index contributed by atoms with van der Waals surface area (Å²) < 4.78 is 33.8. The smallest absolute Gasteiger partial charge is 0.309 e. The van der Waals surface area contributed by atoms with Gasteiger partial charge in [0.15, 0.2) is 5.84 Å². The number of carbonyl (C=O) groups is 1. The van der Waals surface area contributed by atoms with Gasteiger partial charge in [0.05, 0.1) is 5.92 Å². The highest BCUT2D eigenvalue weighted by Crippen LogP contribution is 2.29. The normalized spacial score (nSPS) is 18.5. The van der Waals surface area contributed by atoms with Crippen LogP contribution in [-0.4, -0.2) is 44.8 Å². The Kier molecular flexibility index (Phi) is 5.49. The SMILES string of the molecule is O=C(OC/C=C/c1ccccc1)C1CCN(C2=NS(=O)(=O)c3ccccc32)CC1. The van der Waals surface area contributed by atoms with Crippen molar-refractivity contribution in [3.8, 4) is 0 Å². The Labute approximate surface area is 170 Å². The topological polar surface area (TPSA) is 76.0 Å². The summed E-state index contributed by atoms with van der Waals surface area (Å²) >= 11 is 0. The average Bonchev–Trinajstić information content (AvgIpc) is 3.03. The Morgan fingerprint density at radius 3 is 2.52 bits per heavy atom. The first-order chi connectivity index (χ1) is 14.0. The average molecular weight is 410 g/mol. The zero-order valence-electron chi connectivity index (χ0n) is 15.9. The minimum absolute atomic E-state index is 0.176. The van der Waals surface area contributed by atoms with E-state index < -0.39 is 10.0 Å². The van der Waals surface area contributed by atoms with Gasteiger partial charge in [0, 0.05) is 18.7 Å². The van der Waals surface area contributed by atoms with Crippen LogP contribution in [-0.2, 0) is 19.6 Å². The second-order valence-electron chi connectivity index (χ2n) is 7.09. The van der Waals surface area contributed by atoms with Crippen molar-refractivity contribution in [2.45, 2.75) is 17.7 Å². The lowest BCUT2D eigenvalue weighted by molar-refractivity contribution is -0.148. The number of fused-ring (bicyclic) bond motifs is 1. The second kappa shape index (κ2) is 8.21. The lowest BCUT2D eigenvalue weighted by atomic mass is 9.96. The van der Waals surface area contributed by atoms with Crippen LogP contribution >= 0.6 is 0 Å². The van der Waals surface area contributed by atoms with E-state index in [2.05, 4.69) is 4.40 Å². The van der Waals surface area contributed by atoms with Gasteiger partial charge in [-0.25, -0.2) is 0 Å². The van der Waals surface area contributed by atoms with Crippen molar-refractivity contribution in [3.05, 3.63) is 71.8 Å². The third-order valence-corrected chi connectivity index (χ3v) is 6.50. The quantitative estimate of drug-likeness (QED) is 0.724. The molecule has 0 aromatic heterocycles. The lowest BCUT2D eigenvalue weighted by Crippen LogP contribution is -2.40. The monoisotopic (exact) mass is 410 g/mol. The molecular weight excluding hydrogens is 388 g/mol. The van der Waals surface area contributed by atoms with Crippen LogP contribution in [0, 0.1) is 5.92 Å². The van der Waals surface area contributed by atoms with E-state index in [-0.39, 0.29) is 23.4 Å². The Bertz CT molecular complexity index is 1050. The van der Waals surface area contributed by atoms with Crippen LogP contribution < -0.4 is 0 Å². The molecule has 150 valence electrons. The number of nitrogens with zero attached hydrogens (tertiary/aromatic N) is 2. The molecule has 1 saturated heterocycles. The summed E-state index contributed by atoms with van der Waals surface area (Å²) in [6.07, 6.45) is 4.98. The number of ether oxygens (including phenoxy) is 1. The number of hydrogen-bond acceptors (Lipinski definition) is 5. The lowest BCUT2D eigenvalue weighted by Gasteiger charge is -2.32. The second-order valence-corrected chi connectivity index (χ2v) is 8.66. The summed E-state index contributed by atoms with van der Waals surface area (Å²) in [6.45, 7) is 1.39. The molecule has 0 aliphatic carbocycles. The highest BCUT2D eigenvalue weighted by molar-refractivity contribution is 7.90. The van der Waals surface area contributed by atoms with Crippen molar-refractivity contribution in [1.82, 2.24) is 4.90 Å². The fraction of sp³-hybridized carbons (Fsp3) is 0.273. The van der Waals surface area contributed by atoms with Crippen LogP contribution in [0.1, 0.15) is 24.0 Å². The minimum atomic E-state index is -3.62. The molecule has 2 aromatic carbocycles. The van der Waals surface area contributed by atoms with Gasteiger partial charge in [-0.2, -0.15) is 8.42 Å². The molecule has 2 aromatic rings. The van der Waals surface area contributed by atoms with Gasteiger partial charge in [-0.05, 0) is 36.6 Å². The largest absolute Gasteiger partial charge is 0.461 e. The van der Waals surface area contributed by atoms with Gasteiger partial charge in [0.2, 0.25) is 0 Å². The zero-order valence-corrected chi connectivity index (χ0v) is 16.7. The summed E-state index contributed by atoms with van der Waals surface area (Å²) in [5.41, 5.74) is 1.70. The van der Waals surface area contributed by atoms with E-state index in [0.717, 1.165) is 5.56 Å². The van der Waals surface area contributed by atoms with Gasteiger partial charge in [-0.15, -0.1) is 4.40 Å². The molecule has 0 bridgehead atoms. The number of hydrogen-bond donors (Lipinski definition) is 0. The zero-order chi connectivity index (χ0) is 20.3. The van der Waals surface area contributed by atoms with Crippen LogP contribution in [0.25, 0.3) is 6.08 Å². The van der Waals surface area contributed by atoms with Crippen molar-refractivity contribution in [2.24, 2.45) is 10.3 Å². The van der Waals surface area contributed by atoms with E-state index in [1.165, 1.54) is 0 Å². The first-order valence-electron chi connectivity index (χ1n) is 9.62. The van der Waals surface area contributed by atoms with Crippen molar-refractivity contribution in [1.29, 1.82) is 0 Å². The van der Waals surface area contributed by atoms with Gasteiger partial charge in [-0.3, -0.25) is 4.79 Å². The van der Waals surface area contributed by atoms with Crippen LogP contribution in [0.15, 0.2) is 70.0 Å². The molecule has 0 spiro atoms. The predicted octanol–water partition coefficient (Wildman–Crippen LogP) is 3.10. The van der Waals surface area contributed by atoms with Crippen LogP contribution in [0.5, 0.6) is 0 Å². The molecular formula is C22H22N2O4S. The number of carbonyl (C=O) groups excluding carboxylic acids is 1. The summed E-state index contributed by atoms with van der Waals surface area (Å²) in [7, 11) is -3.62. The molecule has 1 fully saturated rings. The minimum Gasteiger partial charge on any atom is -0.461 e. The Hall–Kier alpha value is -2.93. The number of sulfonamides is 1. The molecule has 0 saturated carbocycles. The summed E-state index contributed by atoms with van der Waals surface area (Å²) in [4.78, 5) is 14.5. The summed E-state index contributed by atoms with van der Waals surface area (Å²) in [5, 5.41) is 0. The molecule has 2 heterocycles. The molecule has 4 rings (SSSR count). The van der Waals surface area contributed by atoms with E-state index in [0.29, 0.717) is 37.3 Å². The van der Waals surface area contributed by atoms with Gasteiger partial charge < -0.3 is 9.64 Å². The van der Waals surface area contributed by atoms with Crippen LogP contribution in [0.2, 0.25) is 0 Å². The maximum absolute atomic E-state index is 12.3. The van der Waals surface area contributed by atoms with E-state index in [9.17, 15) is 13.2 Å². The van der Waals surface area contributed by atoms with E-state index in [1.54, 1.807) is 18.2 Å². The Morgan fingerprint density at radius 1 is 1.07 bits per heavy atom. The molecule has 2 aliphatic rings.